The molecule has 3 heterocycles. The molecule has 1 aromatic rings. The molecule has 1 unspecified atom stereocenters. The van der Waals surface area contributed by atoms with Crippen molar-refractivity contribution in [3.8, 4) is 0 Å². The maximum atomic E-state index is 12.9. The van der Waals surface area contributed by atoms with E-state index in [9.17, 15) is 24.3 Å². The Kier molecular flexibility index (Phi) is 6.88. The van der Waals surface area contributed by atoms with Crippen LogP contribution in [0.5, 0.6) is 0 Å². The van der Waals surface area contributed by atoms with Crippen molar-refractivity contribution in [1.82, 2.24) is 15.2 Å². The third kappa shape index (κ3) is 5.10. The van der Waals surface area contributed by atoms with Crippen LogP contribution in [0.25, 0.3) is 0 Å². The van der Waals surface area contributed by atoms with Crippen LogP contribution >= 0.6 is 23.1 Å². The number of oxime groups is 1. The molecule has 0 aliphatic carbocycles. The van der Waals surface area contributed by atoms with Crippen LogP contribution in [0, 0.1) is 0 Å². The number of amides is 2. The van der Waals surface area contributed by atoms with Crippen molar-refractivity contribution >= 4 is 52.6 Å². The van der Waals surface area contributed by atoms with Crippen LogP contribution in [-0.2, 0) is 28.8 Å². The molecule has 0 aromatic carbocycles. The maximum absolute atomic E-state index is 12.9. The lowest BCUT2D eigenvalue weighted by Gasteiger charge is -2.49. The highest BCUT2D eigenvalue weighted by Gasteiger charge is 2.54. The lowest BCUT2D eigenvalue weighted by atomic mass is 10.0. The van der Waals surface area contributed by atoms with E-state index >= 15 is 0 Å². The molecule has 2 atom stereocenters. The van der Waals surface area contributed by atoms with E-state index in [4.69, 9.17) is 9.57 Å². The highest BCUT2D eigenvalue weighted by atomic mass is 32.2. The molecule has 2 aliphatic rings. The highest BCUT2D eigenvalue weighted by molar-refractivity contribution is 8.00. The standard InChI is InChI=1S/C19H22N4O7S2/c1-9-6-32-17-13(16(26)23(17)14(9)18(27)28)21-15(25)12(10-7-31-8-20-10)22-29-5-11(24)30-19(2,3)4/h7-8,13,17H,5-6H2,1-4H3,(H,21,25)(H,27,28)/b22-12-/t13?,17-/m1/s1. The summed E-state index contributed by atoms with van der Waals surface area (Å²) in [7, 11) is 0. The van der Waals surface area contributed by atoms with Gasteiger partial charge in [0, 0.05) is 11.1 Å². The molecule has 2 aliphatic heterocycles. The molecule has 0 bridgehead atoms. The zero-order valence-electron chi connectivity index (χ0n) is 17.8. The Morgan fingerprint density at radius 3 is 2.69 bits per heavy atom. The monoisotopic (exact) mass is 482 g/mol. The SMILES string of the molecule is CC1=C(C(=O)O)N2C(=O)C(NC(=O)/C(=N\OCC(=O)OC(C)(C)C)c3cscn3)[C@H]2SC1. The van der Waals surface area contributed by atoms with Crippen LogP contribution in [0.2, 0.25) is 0 Å². The fourth-order valence-electron chi connectivity index (χ4n) is 3.04. The number of thiazole rings is 1. The van der Waals surface area contributed by atoms with Gasteiger partial charge in [0.05, 0.1) is 5.51 Å². The Morgan fingerprint density at radius 2 is 2.09 bits per heavy atom. The van der Waals surface area contributed by atoms with Gasteiger partial charge >= 0.3 is 11.9 Å². The van der Waals surface area contributed by atoms with Gasteiger partial charge in [0.2, 0.25) is 6.61 Å². The molecular weight excluding hydrogens is 460 g/mol. The first-order valence-electron chi connectivity index (χ1n) is 9.48. The number of thioether (sulfide) groups is 1. The Hall–Kier alpha value is -2.93. The fourth-order valence-corrected chi connectivity index (χ4v) is 4.87. The third-order valence-corrected chi connectivity index (χ3v) is 6.31. The number of aromatic nitrogens is 1. The number of hydrogen-bond donors (Lipinski definition) is 2. The summed E-state index contributed by atoms with van der Waals surface area (Å²) >= 11 is 2.58. The number of rotatable bonds is 7. The van der Waals surface area contributed by atoms with Crippen LogP contribution in [0.1, 0.15) is 33.4 Å². The quantitative estimate of drug-likeness (QED) is 0.251. The minimum atomic E-state index is -1.19. The van der Waals surface area contributed by atoms with E-state index in [0.29, 0.717) is 11.3 Å². The van der Waals surface area contributed by atoms with Crippen LogP contribution in [-0.4, -0.2) is 73.8 Å². The first-order chi connectivity index (χ1) is 15.0. The maximum Gasteiger partial charge on any atom is 0.352 e. The number of carbonyl (C=O) groups is 4. The number of fused-ring (bicyclic) bond motifs is 1. The molecule has 0 radical (unpaired) electrons. The predicted octanol–water partition coefficient (Wildman–Crippen LogP) is 0.964. The highest BCUT2D eigenvalue weighted by Crippen LogP contribution is 2.40. The van der Waals surface area contributed by atoms with Crippen LogP contribution < -0.4 is 5.32 Å². The van der Waals surface area contributed by atoms with Gasteiger partial charge < -0.3 is 20.0 Å². The van der Waals surface area contributed by atoms with E-state index in [1.807, 2.05) is 0 Å². The molecule has 172 valence electrons. The van der Waals surface area contributed by atoms with Gasteiger partial charge in [-0.3, -0.25) is 14.5 Å². The number of ether oxygens (including phenoxy) is 1. The minimum absolute atomic E-state index is 0.0571. The van der Waals surface area contributed by atoms with Gasteiger partial charge in [-0.15, -0.1) is 23.1 Å². The number of carbonyl (C=O) groups excluding carboxylic acids is 3. The summed E-state index contributed by atoms with van der Waals surface area (Å²) < 4.78 is 5.12. The number of aliphatic carboxylic acids is 1. The summed E-state index contributed by atoms with van der Waals surface area (Å²) in [5, 5.41) is 16.8. The molecule has 0 saturated carbocycles. The summed E-state index contributed by atoms with van der Waals surface area (Å²) in [5.74, 6) is -2.69. The summed E-state index contributed by atoms with van der Waals surface area (Å²) in [6.07, 6.45) is 0. The van der Waals surface area contributed by atoms with Crippen molar-refractivity contribution in [2.24, 2.45) is 5.16 Å². The van der Waals surface area contributed by atoms with E-state index in [1.54, 1.807) is 33.1 Å². The van der Waals surface area contributed by atoms with Crippen LogP contribution in [0.3, 0.4) is 0 Å². The summed E-state index contributed by atoms with van der Waals surface area (Å²) in [6.45, 7) is 6.25. The molecule has 32 heavy (non-hydrogen) atoms. The summed E-state index contributed by atoms with van der Waals surface area (Å²) in [4.78, 5) is 59.0. The van der Waals surface area contributed by atoms with E-state index in [0.717, 1.165) is 0 Å². The van der Waals surface area contributed by atoms with Crippen molar-refractivity contribution in [3.05, 3.63) is 27.9 Å². The van der Waals surface area contributed by atoms with Crippen molar-refractivity contribution < 1.29 is 33.9 Å². The Bertz CT molecular complexity index is 998. The largest absolute Gasteiger partial charge is 0.477 e. The first-order valence-corrected chi connectivity index (χ1v) is 11.5. The smallest absolute Gasteiger partial charge is 0.352 e. The Labute approximate surface area is 191 Å². The normalized spacial score (nSPS) is 20.9. The Balaban J connectivity index is 1.70. The van der Waals surface area contributed by atoms with Crippen LogP contribution in [0.15, 0.2) is 27.3 Å². The van der Waals surface area contributed by atoms with Gasteiger partial charge in [-0.1, -0.05) is 5.16 Å². The van der Waals surface area contributed by atoms with Crippen molar-refractivity contribution in [2.75, 3.05) is 12.4 Å². The fraction of sp³-hybridized carbons (Fsp3) is 0.474. The number of β-lactam (4-membered cyclic amide) rings is 1. The average molecular weight is 483 g/mol. The molecule has 2 amide bonds. The third-order valence-electron chi connectivity index (χ3n) is 4.30. The number of carboxylic acids is 1. The summed E-state index contributed by atoms with van der Waals surface area (Å²) in [5.41, 5.74) is 1.31. The van der Waals surface area contributed by atoms with Crippen LogP contribution in [0.4, 0.5) is 0 Å². The number of esters is 1. The number of nitrogens with zero attached hydrogens (tertiary/aromatic N) is 3. The van der Waals surface area contributed by atoms with Crippen molar-refractivity contribution in [1.29, 1.82) is 0 Å². The van der Waals surface area contributed by atoms with E-state index in [-0.39, 0.29) is 17.1 Å². The number of hydrogen-bond acceptors (Lipinski definition) is 10. The predicted molar refractivity (Wildman–Crippen MR) is 116 cm³/mol. The summed E-state index contributed by atoms with van der Waals surface area (Å²) in [6, 6.07) is -0.926. The second-order valence-corrected chi connectivity index (χ2v) is 9.79. The van der Waals surface area contributed by atoms with Gasteiger partial charge in [0.15, 0.2) is 5.71 Å². The second kappa shape index (κ2) is 9.28. The molecule has 1 saturated heterocycles. The molecule has 1 aromatic heterocycles. The van der Waals surface area contributed by atoms with E-state index in [2.05, 4.69) is 15.5 Å². The van der Waals surface area contributed by atoms with Gasteiger partial charge in [0.1, 0.15) is 28.4 Å². The van der Waals surface area contributed by atoms with Gasteiger partial charge in [-0.2, -0.15) is 0 Å². The lowest BCUT2D eigenvalue weighted by Crippen LogP contribution is -2.71. The topological polar surface area (TPSA) is 147 Å². The van der Waals surface area contributed by atoms with Crippen molar-refractivity contribution in [2.45, 2.75) is 44.7 Å². The van der Waals surface area contributed by atoms with Gasteiger partial charge in [-0.25, -0.2) is 14.6 Å². The Morgan fingerprint density at radius 1 is 1.38 bits per heavy atom. The van der Waals surface area contributed by atoms with Gasteiger partial charge in [-0.05, 0) is 33.3 Å². The first kappa shape index (κ1) is 23.7. The molecule has 0 spiro atoms. The molecule has 1 fully saturated rings. The van der Waals surface area contributed by atoms with E-state index < -0.39 is 47.4 Å². The molecule has 13 heteroatoms. The van der Waals surface area contributed by atoms with Crippen molar-refractivity contribution in [3.63, 3.8) is 0 Å². The molecule has 11 nitrogen and oxygen atoms in total. The minimum Gasteiger partial charge on any atom is -0.477 e. The number of carboxylic acid groups (broad SMARTS) is 1. The zero-order chi connectivity index (χ0) is 23.6. The molecule has 3 rings (SSSR count). The zero-order valence-corrected chi connectivity index (χ0v) is 19.4. The second-order valence-electron chi connectivity index (χ2n) is 7.97. The molecular formula is C19H22N4O7S2. The lowest BCUT2D eigenvalue weighted by molar-refractivity contribution is -0.160. The molecule has 2 N–H and O–H groups in total. The number of nitrogens with one attached hydrogen (secondary N) is 1. The van der Waals surface area contributed by atoms with E-state index in [1.165, 1.54) is 33.5 Å². The van der Waals surface area contributed by atoms with Gasteiger partial charge in [0.25, 0.3) is 11.8 Å². The average Bonchev–Trinajstić information content (AvgIpc) is 3.21.